The molecule has 0 aliphatic heterocycles. The van der Waals surface area contributed by atoms with E-state index >= 15 is 0 Å². The summed E-state index contributed by atoms with van der Waals surface area (Å²) in [5.74, 6) is -0.852. The molecule has 1 aliphatic rings. The molecule has 4 aromatic rings. The monoisotopic (exact) mass is 487 g/mol. The van der Waals surface area contributed by atoms with Crippen molar-refractivity contribution >= 4 is 17.2 Å². The fraction of sp³-hybridized carbons (Fsp3) is 0.214. The molecule has 1 atom stereocenters. The lowest BCUT2D eigenvalue weighted by Crippen LogP contribution is -2.28. The topological polar surface area (TPSA) is 63.1 Å². The Bertz CT molecular complexity index is 1470. The SMILES string of the molecule is CNCc1cc2c(cc1-c1ccc([C@@H](C)NC(=O)c3ccc(=O)n(-c4ccccc4F)c3)s1)CC2. The molecule has 0 unspecified atom stereocenters. The quantitative estimate of drug-likeness (QED) is 0.385. The van der Waals surface area contributed by atoms with Crippen molar-refractivity contribution in [3.63, 3.8) is 0 Å². The van der Waals surface area contributed by atoms with Crippen LogP contribution < -0.4 is 16.2 Å². The Hall–Kier alpha value is -3.55. The molecule has 0 saturated heterocycles. The van der Waals surface area contributed by atoms with Crippen molar-refractivity contribution in [2.75, 3.05) is 7.05 Å². The summed E-state index contributed by atoms with van der Waals surface area (Å²) in [6.07, 6.45) is 3.66. The molecule has 178 valence electrons. The minimum absolute atomic E-state index is 0.110. The summed E-state index contributed by atoms with van der Waals surface area (Å²) < 4.78 is 15.4. The van der Waals surface area contributed by atoms with Crippen LogP contribution in [-0.4, -0.2) is 17.5 Å². The summed E-state index contributed by atoms with van der Waals surface area (Å²) in [6.45, 7) is 2.74. The molecule has 0 bridgehead atoms. The maximum absolute atomic E-state index is 14.2. The van der Waals surface area contributed by atoms with Gasteiger partial charge in [0.15, 0.2) is 0 Å². The third-order valence-corrected chi connectivity index (χ3v) is 7.71. The molecule has 5 nitrogen and oxygen atoms in total. The number of nitrogens with one attached hydrogen (secondary N) is 2. The van der Waals surface area contributed by atoms with Crippen molar-refractivity contribution in [1.29, 1.82) is 0 Å². The number of hydrogen-bond donors (Lipinski definition) is 2. The van der Waals surface area contributed by atoms with Gasteiger partial charge in [-0.15, -0.1) is 11.3 Å². The fourth-order valence-electron chi connectivity index (χ4n) is 4.40. The summed E-state index contributed by atoms with van der Waals surface area (Å²) in [5, 5.41) is 6.27. The number of fused-ring (bicyclic) bond motifs is 1. The minimum Gasteiger partial charge on any atom is -0.345 e. The Morgan fingerprint density at radius 2 is 1.86 bits per heavy atom. The number of hydrogen-bond acceptors (Lipinski definition) is 4. The first-order valence-electron chi connectivity index (χ1n) is 11.6. The van der Waals surface area contributed by atoms with E-state index in [1.807, 2.05) is 20.0 Å². The Morgan fingerprint density at radius 3 is 2.60 bits per heavy atom. The normalized spacial score (nSPS) is 13.1. The van der Waals surface area contributed by atoms with Crippen molar-refractivity contribution in [3.8, 4) is 16.1 Å². The van der Waals surface area contributed by atoms with E-state index in [9.17, 15) is 14.0 Å². The van der Waals surface area contributed by atoms with Crippen LogP contribution in [0, 0.1) is 5.82 Å². The fourth-order valence-corrected chi connectivity index (χ4v) is 5.46. The number of aryl methyl sites for hydroxylation is 2. The van der Waals surface area contributed by atoms with Crippen molar-refractivity contribution in [1.82, 2.24) is 15.2 Å². The molecule has 1 aliphatic carbocycles. The van der Waals surface area contributed by atoms with Gasteiger partial charge in [-0.25, -0.2) is 4.39 Å². The second-order valence-corrected chi connectivity index (χ2v) is 9.90. The number of aromatic nitrogens is 1. The van der Waals surface area contributed by atoms with E-state index in [0.29, 0.717) is 0 Å². The first-order valence-corrected chi connectivity index (χ1v) is 12.4. The first kappa shape index (κ1) is 23.2. The highest BCUT2D eigenvalue weighted by molar-refractivity contribution is 7.15. The van der Waals surface area contributed by atoms with Gasteiger partial charge in [0.25, 0.3) is 11.5 Å². The van der Waals surface area contributed by atoms with E-state index in [1.54, 1.807) is 23.5 Å². The van der Waals surface area contributed by atoms with Gasteiger partial charge in [-0.3, -0.25) is 14.2 Å². The second-order valence-electron chi connectivity index (χ2n) is 8.78. The highest BCUT2D eigenvalue weighted by Gasteiger charge is 2.20. The van der Waals surface area contributed by atoms with Crippen LogP contribution >= 0.6 is 11.3 Å². The Morgan fingerprint density at radius 1 is 1.09 bits per heavy atom. The van der Waals surface area contributed by atoms with Crippen LogP contribution in [0.15, 0.2) is 71.7 Å². The number of benzene rings is 2. The highest BCUT2D eigenvalue weighted by atomic mass is 32.1. The van der Waals surface area contributed by atoms with Crippen LogP contribution in [0.5, 0.6) is 0 Å². The van der Waals surface area contributed by atoms with Crippen molar-refractivity contribution in [3.05, 3.63) is 110 Å². The van der Waals surface area contributed by atoms with E-state index in [2.05, 4.69) is 28.8 Å². The predicted molar refractivity (Wildman–Crippen MR) is 138 cm³/mol. The van der Waals surface area contributed by atoms with Gasteiger partial charge >= 0.3 is 0 Å². The number of thiophene rings is 1. The molecule has 5 rings (SSSR count). The average Bonchev–Trinajstić information content (AvgIpc) is 3.32. The Balaban J connectivity index is 1.36. The Kier molecular flexibility index (Phi) is 6.36. The molecule has 0 fully saturated rings. The molecule has 1 amide bonds. The standard InChI is InChI=1S/C28H26FN3O2S/c1-17(25-10-11-26(35-25)22-14-19-8-7-18(19)13-21(22)15-30-2)31-28(34)20-9-12-27(33)32(16-20)24-6-4-3-5-23(24)29/h3-6,9-14,16-17,30H,7-8,15H2,1-2H3,(H,31,34)/t17-/m1/s1. The van der Waals surface area contributed by atoms with Crippen LogP contribution in [0.25, 0.3) is 16.1 Å². The number of para-hydroxylation sites is 1. The molecule has 0 saturated carbocycles. The van der Waals surface area contributed by atoms with E-state index < -0.39 is 11.4 Å². The molecule has 2 N–H and O–H groups in total. The largest absolute Gasteiger partial charge is 0.345 e. The molecular formula is C28H26FN3O2S. The lowest BCUT2D eigenvalue weighted by molar-refractivity contribution is 0.0940. The average molecular weight is 488 g/mol. The first-order chi connectivity index (χ1) is 16.9. The number of amides is 1. The van der Waals surface area contributed by atoms with Crippen LogP contribution in [0.1, 0.15) is 44.9 Å². The van der Waals surface area contributed by atoms with Gasteiger partial charge < -0.3 is 10.6 Å². The van der Waals surface area contributed by atoms with Crippen LogP contribution in [0.3, 0.4) is 0 Å². The van der Waals surface area contributed by atoms with Gasteiger partial charge in [0.2, 0.25) is 0 Å². The number of nitrogens with zero attached hydrogens (tertiary/aromatic N) is 1. The zero-order chi connectivity index (χ0) is 24.5. The molecule has 0 radical (unpaired) electrons. The highest BCUT2D eigenvalue weighted by Crippen LogP contribution is 2.37. The molecule has 35 heavy (non-hydrogen) atoms. The zero-order valence-corrected chi connectivity index (χ0v) is 20.4. The molecule has 2 heterocycles. The maximum Gasteiger partial charge on any atom is 0.255 e. The number of rotatable bonds is 7. The zero-order valence-electron chi connectivity index (χ0n) is 19.6. The van der Waals surface area contributed by atoms with Crippen LogP contribution in [0.4, 0.5) is 4.39 Å². The van der Waals surface area contributed by atoms with Crippen molar-refractivity contribution in [2.45, 2.75) is 32.4 Å². The summed E-state index contributed by atoms with van der Waals surface area (Å²) in [5.41, 5.74) is 5.37. The predicted octanol–water partition coefficient (Wildman–Crippen LogP) is 5.01. The number of pyridine rings is 1. The van der Waals surface area contributed by atoms with Crippen molar-refractivity contribution < 1.29 is 9.18 Å². The molecule has 2 aromatic heterocycles. The van der Waals surface area contributed by atoms with E-state index in [0.717, 1.165) is 28.8 Å². The summed E-state index contributed by atoms with van der Waals surface area (Å²) >= 11 is 1.67. The third-order valence-electron chi connectivity index (χ3n) is 6.41. The third kappa shape index (κ3) is 4.57. The maximum atomic E-state index is 14.2. The number of carbonyl (C=O) groups is 1. The number of carbonyl (C=O) groups excluding carboxylic acids is 1. The molecule has 2 aromatic carbocycles. The van der Waals surface area contributed by atoms with Crippen LogP contribution in [0.2, 0.25) is 0 Å². The van der Waals surface area contributed by atoms with Gasteiger partial charge in [-0.05, 0) is 85.5 Å². The lowest BCUT2D eigenvalue weighted by atomic mass is 9.84. The van der Waals surface area contributed by atoms with E-state index in [4.69, 9.17) is 0 Å². The molecule has 0 spiro atoms. The Labute approximate surface area is 207 Å². The summed E-state index contributed by atoms with van der Waals surface area (Å²) in [4.78, 5) is 27.5. The molecule has 7 heteroatoms. The lowest BCUT2D eigenvalue weighted by Gasteiger charge is -2.22. The summed E-state index contributed by atoms with van der Waals surface area (Å²) in [7, 11) is 1.95. The smallest absolute Gasteiger partial charge is 0.255 e. The van der Waals surface area contributed by atoms with E-state index in [1.165, 1.54) is 57.6 Å². The minimum atomic E-state index is -0.528. The van der Waals surface area contributed by atoms with Crippen molar-refractivity contribution in [2.24, 2.45) is 0 Å². The van der Waals surface area contributed by atoms with Crippen LogP contribution in [-0.2, 0) is 19.4 Å². The van der Waals surface area contributed by atoms with E-state index in [-0.39, 0.29) is 23.2 Å². The van der Waals surface area contributed by atoms with Gasteiger partial charge in [0.05, 0.1) is 17.3 Å². The molecular weight excluding hydrogens is 461 g/mol. The summed E-state index contributed by atoms with van der Waals surface area (Å²) in [6, 6.07) is 17.3. The van der Waals surface area contributed by atoms with Gasteiger partial charge in [0.1, 0.15) is 5.82 Å². The van der Waals surface area contributed by atoms with Gasteiger partial charge in [-0.1, -0.05) is 18.2 Å². The second kappa shape index (κ2) is 9.60. The van der Waals surface area contributed by atoms with Gasteiger partial charge in [0, 0.05) is 28.6 Å². The van der Waals surface area contributed by atoms with Gasteiger partial charge in [-0.2, -0.15) is 0 Å². The number of halogens is 1.